The summed E-state index contributed by atoms with van der Waals surface area (Å²) in [6, 6.07) is 0.251. The molecule has 1 saturated heterocycles. The van der Waals surface area contributed by atoms with Gasteiger partial charge in [0.15, 0.2) is 0 Å². The summed E-state index contributed by atoms with van der Waals surface area (Å²) in [5, 5.41) is 12.6. The third-order valence-electron chi connectivity index (χ3n) is 4.72. The summed E-state index contributed by atoms with van der Waals surface area (Å²) in [6.07, 6.45) is 7.89. The highest BCUT2D eigenvalue weighted by Crippen LogP contribution is 2.26. The molecule has 116 valence electrons. The minimum Gasteiger partial charge on any atom is -0.393 e. The van der Waals surface area contributed by atoms with Crippen molar-refractivity contribution < 1.29 is 9.90 Å². The van der Waals surface area contributed by atoms with Crippen LogP contribution in [0.1, 0.15) is 43.8 Å². The highest BCUT2D eigenvalue weighted by molar-refractivity contribution is 5.75. The molecule has 21 heavy (non-hydrogen) atoms. The van der Waals surface area contributed by atoms with Gasteiger partial charge in [0, 0.05) is 44.5 Å². The number of nitrogens with one attached hydrogen (secondary N) is 1. The number of hydrogen-bond acceptors (Lipinski definition) is 3. The fourth-order valence-electron chi connectivity index (χ4n) is 3.41. The lowest BCUT2D eigenvalue weighted by molar-refractivity contribution is 0.115. The predicted octanol–water partition coefficient (Wildman–Crippen LogP) is 1.22. The number of amides is 2. The van der Waals surface area contributed by atoms with Gasteiger partial charge in [-0.15, -0.1) is 0 Å². The molecule has 1 aromatic rings. The van der Waals surface area contributed by atoms with Crippen LogP contribution in [0.2, 0.25) is 0 Å². The van der Waals surface area contributed by atoms with Gasteiger partial charge in [0.2, 0.25) is 0 Å². The Hall–Kier alpha value is -1.56. The number of nitrogens with zero attached hydrogens (tertiary/aromatic N) is 3. The molecule has 0 radical (unpaired) electrons. The van der Waals surface area contributed by atoms with Crippen LogP contribution in [0.25, 0.3) is 0 Å². The summed E-state index contributed by atoms with van der Waals surface area (Å²) in [5.41, 5.74) is 0. The summed E-state index contributed by atoms with van der Waals surface area (Å²) in [4.78, 5) is 18.6. The van der Waals surface area contributed by atoms with Gasteiger partial charge < -0.3 is 19.9 Å². The monoisotopic (exact) mass is 292 g/mol. The normalized spacial score (nSPS) is 29.6. The van der Waals surface area contributed by atoms with E-state index in [0.29, 0.717) is 5.92 Å². The Morgan fingerprint density at radius 2 is 2.10 bits per heavy atom. The SMILES string of the molecule is Cn1ccnc1[C@H]1CCN(C(=O)NC2CCC(O)CC2)C1. The number of carbonyl (C=O) groups is 1. The Morgan fingerprint density at radius 1 is 1.33 bits per heavy atom. The summed E-state index contributed by atoms with van der Waals surface area (Å²) in [6.45, 7) is 1.53. The largest absolute Gasteiger partial charge is 0.393 e. The van der Waals surface area contributed by atoms with Gasteiger partial charge in [-0.3, -0.25) is 0 Å². The molecule has 3 rings (SSSR count). The Bertz CT molecular complexity index is 494. The molecule has 6 heteroatoms. The molecule has 0 unspecified atom stereocenters. The van der Waals surface area contributed by atoms with Crippen LogP contribution in [0.3, 0.4) is 0 Å². The Balaban J connectivity index is 1.51. The average molecular weight is 292 g/mol. The lowest BCUT2D eigenvalue weighted by atomic mass is 9.93. The second kappa shape index (κ2) is 6.05. The van der Waals surface area contributed by atoms with Gasteiger partial charge in [-0.1, -0.05) is 0 Å². The number of aliphatic hydroxyl groups is 1. The van der Waals surface area contributed by atoms with Crippen molar-refractivity contribution in [2.45, 2.75) is 50.2 Å². The van der Waals surface area contributed by atoms with E-state index < -0.39 is 0 Å². The van der Waals surface area contributed by atoms with Crippen molar-refractivity contribution in [1.29, 1.82) is 0 Å². The number of aromatic nitrogens is 2. The molecular formula is C15H24N4O2. The standard InChI is InChI=1S/C15H24N4O2/c1-18-9-7-16-14(18)11-6-8-19(10-11)15(21)17-12-2-4-13(20)5-3-12/h7,9,11-13,20H,2-6,8,10H2,1H3,(H,17,21)/t11-,12?,13?/m0/s1. The number of urea groups is 1. The van der Waals surface area contributed by atoms with Crippen molar-refractivity contribution in [2.75, 3.05) is 13.1 Å². The van der Waals surface area contributed by atoms with Crippen molar-refractivity contribution in [1.82, 2.24) is 19.8 Å². The zero-order chi connectivity index (χ0) is 14.8. The summed E-state index contributed by atoms with van der Waals surface area (Å²) in [7, 11) is 2.00. The third kappa shape index (κ3) is 3.20. The van der Waals surface area contributed by atoms with E-state index in [1.165, 1.54) is 0 Å². The van der Waals surface area contributed by atoms with E-state index >= 15 is 0 Å². The fraction of sp³-hybridized carbons (Fsp3) is 0.733. The van der Waals surface area contributed by atoms with E-state index in [9.17, 15) is 9.90 Å². The Morgan fingerprint density at radius 3 is 2.76 bits per heavy atom. The van der Waals surface area contributed by atoms with Gasteiger partial charge in [0.25, 0.3) is 0 Å². The van der Waals surface area contributed by atoms with E-state index in [-0.39, 0.29) is 18.2 Å². The molecule has 2 amide bonds. The maximum Gasteiger partial charge on any atom is 0.317 e. The highest BCUT2D eigenvalue weighted by atomic mass is 16.3. The predicted molar refractivity (Wildman–Crippen MR) is 78.9 cm³/mol. The topological polar surface area (TPSA) is 70.4 Å². The lowest BCUT2D eigenvalue weighted by Gasteiger charge is -2.28. The average Bonchev–Trinajstić information content (AvgIpc) is 3.09. The minimum absolute atomic E-state index is 0.0353. The highest BCUT2D eigenvalue weighted by Gasteiger charge is 2.31. The first-order valence-corrected chi connectivity index (χ1v) is 7.84. The van der Waals surface area contributed by atoms with Crippen LogP contribution < -0.4 is 5.32 Å². The molecule has 6 nitrogen and oxygen atoms in total. The number of aryl methyl sites for hydroxylation is 1. The van der Waals surface area contributed by atoms with Crippen molar-refractivity contribution in [3.8, 4) is 0 Å². The first-order valence-electron chi connectivity index (χ1n) is 7.84. The maximum absolute atomic E-state index is 12.3. The number of carbonyl (C=O) groups excluding carboxylic acids is 1. The zero-order valence-corrected chi connectivity index (χ0v) is 12.5. The summed E-state index contributed by atoms with van der Waals surface area (Å²) < 4.78 is 2.04. The van der Waals surface area contributed by atoms with Crippen LogP contribution in [-0.2, 0) is 7.05 Å². The van der Waals surface area contributed by atoms with Gasteiger partial charge in [-0.25, -0.2) is 9.78 Å². The molecule has 1 saturated carbocycles. The molecule has 2 fully saturated rings. The van der Waals surface area contributed by atoms with Crippen LogP contribution in [0.15, 0.2) is 12.4 Å². The molecule has 1 aliphatic carbocycles. The summed E-state index contributed by atoms with van der Waals surface area (Å²) in [5.74, 6) is 1.40. The Kier molecular flexibility index (Phi) is 4.14. The second-order valence-corrected chi connectivity index (χ2v) is 6.28. The van der Waals surface area contributed by atoms with E-state index in [1.54, 1.807) is 0 Å². The van der Waals surface area contributed by atoms with E-state index in [0.717, 1.165) is 51.0 Å². The lowest BCUT2D eigenvalue weighted by Crippen LogP contribution is -2.45. The third-order valence-corrected chi connectivity index (χ3v) is 4.72. The van der Waals surface area contributed by atoms with E-state index in [4.69, 9.17) is 0 Å². The van der Waals surface area contributed by atoms with Crippen molar-refractivity contribution in [2.24, 2.45) is 7.05 Å². The zero-order valence-electron chi connectivity index (χ0n) is 12.5. The van der Waals surface area contributed by atoms with Crippen LogP contribution in [0, 0.1) is 0 Å². The minimum atomic E-state index is -0.183. The van der Waals surface area contributed by atoms with E-state index in [1.807, 2.05) is 28.9 Å². The smallest absolute Gasteiger partial charge is 0.317 e. The maximum atomic E-state index is 12.3. The van der Waals surface area contributed by atoms with Gasteiger partial charge in [0.05, 0.1) is 6.10 Å². The molecule has 0 spiro atoms. The molecule has 0 bridgehead atoms. The number of rotatable bonds is 2. The van der Waals surface area contributed by atoms with Crippen molar-refractivity contribution in [3.05, 3.63) is 18.2 Å². The van der Waals surface area contributed by atoms with Gasteiger partial charge >= 0.3 is 6.03 Å². The molecule has 2 heterocycles. The number of hydrogen-bond donors (Lipinski definition) is 2. The van der Waals surface area contributed by atoms with Crippen LogP contribution >= 0.6 is 0 Å². The summed E-state index contributed by atoms with van der Waals surface area (Å²) >= 11 is 0. The van der Waals surface area contributed by atoms with Crippen LogP contribution in [0.5, 0.6) is 0 Å². The molecule has 0 aromatic carbocycles. The van der Waals surface area contributed by atoms with Crippen molar-refractivity contribution in [3.63, 3.8) is 0 Å². The first-order chi connectivity index (χ1) is 10.1. The number of imidazole rings is 1. The first kappa shape index (κ1) is 14.4. The molecule has 2 N–H and O–H groups in total. The number of aliphatic hydroxyl groups excluding tert-OH is 1. The van der Waals surface area contributed by atoms with E-state index in [2.05, 4.69) is 10.3 Å². The van der Waals surface area contributed by atoms with Crippen LogP contribution in [0.4, 0.5) is 4.79 Å². The van der Waals surface area contributed by atoms with Gasteiger partial charge in [-0.2, -0.15) is 0 Å². The second-order valence-electron chi connectivity index (χ2n) is 6.28. The molecular weight excluding hydrogens is 268 g/mol. The Labute approximate surface area is 125 Å². The van der Waals surface area contributed by atoms with Gasteiger partial charge in [-0.05, 0) is 32.1 Å². The molecule has 1 atom stereocenters. The quantitative estimate of drug-likeness (QED) is 0.861. The molecule has 1 aromatic heterocycles. The fourth-order valence-corrected chi connectivity index (χ4v) is 3.41. The van der Waals surface area contributed by atoms with Gasteiger partial charge in [0.1, 0.15) is 5.82 Å². The van der Waals surface area contributed by atoms with Crippen LogP contribution in [-0.4, -0.2) is 50.8 Å². The molecule has 1 aliphatic heterocycles. The van der Waals surface area contributed by atoms with Crippen molar-refractivity contribution >= 4 is 6.03 Å². The molecule has 2 aliphatic rings. The number of likely N-dealkylation sites (tertiary alicyclic amines) is 1.